The first-order valence-corrected chi connectivity index (χ1v) is 8.63. The quantitative estimate of drug-likeness (QED) is 0.893. The summed E-state index contributed by atoms with van der Waals surface area (Å²) in [5.41, 5.74) is 1.96. The summed E-state index contributed by atoms with van der Waals surface area (Å²) in [6.07, 6.45) is 4.75. The molecule has 0 bridgehead atoms. The van der Waals surface area contributed by atoms with Crippen molar-refractivity contribution in [1.82, 2.24) is 10.2 Å². The van der Waals surface area contributed by atoms with Crippen LogP contribution in [0.15, 0.2) is 52.4 Å². The largest absolute Gasteiger partial charge is 0.472 e. The summed E-state index contributed by atoms with van der Waals surface area (Å²) >= 11 is 0. The third kappa shape index (κ3) is 3.62. The molecule has 1 aromatic heterocycles. The number of oxime groups is 1. The van der Waals surface area contributed by atoms with Crippen molar-refractivity contribution in [1.29, 1.82) is 0 Å². The number of halogens is 1. The van der Waals surface area contributed by atoms with Crippen LogP contribution in [0.5, 0.6) is 0 Å². The SMILES string of the molecule is O=C(NCc1ccc(F)cc1)C1=NO[C@]2(CCN(Cc3ccoc3)C2)C1. The number of likely N-dealkylation sites (tertiary alicyclic amines) is 1. The molecule has 1 saturated heterocycles. The summed E-state index contributed by atoms with van der Waals surface area (Å²) in [5.74, 6) is -0.531. The molecule has 6 nitrogen and oxygen atoms in total. The van der Waals surface area contributed by atoms with E-state index in [1.807, 2.05) is 6.07 Å². The fourth-order valence-corrected chi connectivity index (χ4v) is 3.45. The van der Waals surface area contributed by atoms with Gasteiger partial charge in [0.1, 0.15) is 11.5 Å². The predicted octanol–water partition coefficient (Wildman–Crippen LogP) is 2.46. The predicted molar refractivity (Wildman–Crippen MR) is 92.7 cm³/mol. The van der Waals surface area contributed by atoms with Crippen LogP contribution in [0.2, 0.25) is 0 Å². The normalized spacial score (nSPS) is 22.4. The molecule has 26 heavy (non-hydrogen) atoms. The van der Waals surface area contributed by atoms with Gasteiger partial charge in [-0.05, 0) is 23.8 Å². The van der Waals surface area contributed by atoms with Crippen LogP contribution in [0.1, 0.15) is 24.0 Å². The maximum absolute atomic E-state index is 12.9. The molecule has 0 unspecified atom stereocenters. The molecule has 1 spiro atoms. The van der Waals surface area contributed by atoms with E-state index >= 15 is 0 Å². The molecule has 2 aliphatic heterocycles. The molecule has 1 N–H and O–H groups in total. The molecule has 1 atom stereocenters. The maximum Gasteiger partial charge on any atom is 0.269 e. The van der Waals surface area contributed by atoms with Gasteiger partial charge in [0.2, 0.25) is 0 Å². The van der Waals surface area contributed by atoms with E-state index in [4.69, 9.17) is 9.25 Å². The van der Waals surface area contributed by atoms with Crippen LogP contribution < -0.4 is 5.32 Å². The molecule has 1 amide bonds. The van der Waals surface area contributed by atoms with E-state index < -0.39 is 5.60 Å². The minimum atomic E-state index is -0.410. The summed E-state index contributed by atoms with van der Waals surface area (Å²) in [6, 6.07) is 7.99. The van der Waals surface area contributed by atoms with E-state index in [-0.39, 0.29) is 11.7 Å². The molecular weight excluding hydrogens is 337 g/mol. The van der Waals surface area contributed by atoms with E-state index in [0.29, 0.717) is 18.7 Å². The highest BCUT2D eigenvalue weighted by Crippen LogP contribution is 2.34. The molecule has 1 fully saturated rings. The highest BCUT2D eigenvalue weighted by molar-refractivity contribution is 6.39. The van der Waals surface area contributed by atoms with Crippen LogP contribution in [0.3, 0.4) is 0 Å². The van der Waals surface area contributed by atoms with Gasteiger partial charge in [-0.3, -0.25) is 9.69 Å². The first kappa shape index (κ1) is 16.8. The van der Waals surface area contributed by atoms with Crippen LogP contribution in [-0.2, 0) is 22.7 Å². The number of furan rings is 1. The first-order chi connectivity index (χ1) is 12.6. The number of carbonyl (C=O) groups excluding carboxylic acids is 1. The number of hydrogen-bond acceptors (Lipinski definition) is 5. The van der Waals surface area contributed by atoms with Gasteiger partial charge >= 0.3 is 0 Å². The summed E-state index contributed by atoms with van der Waals surface area (Å²) < 4.78 is 18.0. The van der Waals surface area contributed by atoms with Gasteiger partial charge in [0.25, 0.3) is 5.91 Å². The van der Waals surface area contributed by atoms with E-state index in [1.165, 1.54) is 12.1 Å². The lowest BCUT2D eigenvalue weighted by Crippen LogP contribution is -2.36. The van der Waals surface area contributed by atoms with Gasteiger partial charge in [-0.15, -0.1) is 0 Å². The fourth-order valence-electron chi connectivity index (χ4n) is 3.45. The van der Waals surface area contributed by atoms with Crippen LogP contribution in [0.25, 0.3) is 0 Å². The van der Waals surface area contributed by atoms with Crippen molar-refractivity contribution >= 4 is 11.6 Å². The Kier molecular flexibility index (Phi) is 4.46. The molecule has 2 aliphatic rings. The van der Waals surface area contributed by atoms with Crippen molar-refractivity contribution in [2.24, 2.45) is 5.16 Å². The highest BCUT2D eigenvalue weighted by Gasteiger charge is 2.46. The standard InChI is InChI=1S/C19H20FN3O3/c20-16-3-1-14(2-4-16)10-21-18(24)17-9-19(26-22-17)6-7-23(13-19)11-15-5-8-25-12-15/h1-5,8,12H,6-7,9-11,13H2,(H,21,24)/t19-/m1/s1. The molecular formula is C19H20FN3O3. The number of amides is 1. The van der Waals surface area contributed by atoms with E-state index in [0.717, 1.165) is 37.2 Å². The second-order valence-electron chi connectivity index (χ2n) is 6.89. The molecule has 4 rings (SSSR count). The van der Waals surface area contributed by atoms with Crippen molar-refractivity contribution in [3.63, 3.8) is 0 Å². The zero-order valence-corrected chi connectivity index (χ0v) is 14.3. The number of carbonyl (C=O) groups is 1. The number of nitrogens with one attached hydrogen (secondary N) is 1. The topological polar surface area (TPSA) is 67.1 Å². The lowest BCUT2D eigenvalue weighted by atomic mass is 9.96. The third-order valence-electron chi connectivity index (χ3n) is 4.85. The lowest BCUT2D eigenvalue weighted by molar-refractivity contribution is -0.115. The van der Waals surface area contributed by atoms with E-state index in [1.54, 1.807) is 24.7 Å². The first-order valence-electron chi connectivity index (χ1n) is 8.63. The highest BCUT2D eigenvalue weighted by atomic mass is 19.1. The Morgan fingerprint density at radius 2 is 2.12 bits per heavy atom. The Morgan fingerprint density at radius 3 is 2.88 bits per heavy atom. The minimum absolute atomic E-state index is 0.237. The molecule has 7 heteroatoms. The van der Waals surface area contributed by atoms with Crippen molar-refractivity contribution in [3.8, 4) is 0 Å². The van der Waals surface area contributed by atoms with Gasteiger partial charge in [0.05, 0.1) is 12.5 Å². The zero-order valence-electron chi connectivity index (χ0n) is 14.3. The Hall–Kier alpha value is -2.67. The summed E-state index contributed by atoms with van der Waals surface area (Å²) in [7, 11) is 0. The van der Waals surface area contributed by atoms with Crippen LogP contribution in [0.4, 0.5) is 4.39 Å². The molecule has 0 aliphatic carbocycles. The molecule has 136 valence electrons. The Morgan fingerprint density at radius 1 is 1.27 bits per heavy atom. The Bertz CT molecular complexity index is 804. The second-order valence-corrected chi connectivity index (χ2v) is 6.89. The molecule has 0 saturated carbocycles. The summed E-state index contributed by atoms with van der Waals surface area (Å²) in [6.45, 7) is 2.76. The molecule has 1 aromatic carbocycles. The van der Waals surface area contributed by atoms with E-state index in [9.17, 15) is 9.18 Å². The van der Waals surface area contributed by atoms with Crippen molar-refractivity contribution < 1.29 is 18.4 Å². The maximum atomic E-state index is 12.9. The summed E-state index contributed by atoms with van der Waals surface area (Å²) in [5, 5.41) is 6.84. The Balaban J connectivity index is 1.29. The van der Waals surface area contributed by atoms with Crippen LogP contribution >= 0.6 is 0 Å². The monoisotopic (exact) mass is 357 g/mol. The third-order valence-corrected chi connectivity index (χ3v) is 4.85. The van der Waals surface area contributed by atoms with Crippen LogP contribution in [0, 0.1) is 5.82 Å². The van der Waals surface area contributed by atoms with Crippen molar-refractivity contribution in [2.45, 2.75) is 31.5 Å². The summed E-state index contributed by atoms with van der Waals surface area (Å²) in [4.78, 5) is 20.3. The van der Waals surface area contributed by atoms with Gasteiger partial charge in [-0.1, -0.05) is 17.3 Å². The average Bonchev–Trinajstić information content (AvgIpc) is 3.38. The van der Waals surface area contributed by atoms with Gasteiger partial charge < -0.3 is 14.6 Å². The lowest BCUT2D eigenvalue weighted by Gasteiger charge is -2.21. The van der Waals surface area contributed by atoms with Crippen molar-refractivity contribution in [2.75, 3.05) is 13.1 Å². The number of rotatable bonds is 5. The number of nitrogens with zero attached hydrogens (tertiary/aromatic N) is 2. The van der Waals surface area contributed by atoms with E-state index in [2.05, 4.69) is 15.4 Å². The minimum Gasteiger partial charge on any atom is -0.472 e. The average molecular weight is 357 g/mol. The fraction of sp³-hybridized carbons (Fsp3) is 0.368. The number of benzene rings is 1. The molecule has 2 aromatic rings. The van der Waals surface area contributed by atoms with Crippen LogP contribution in [-0.4, -0.2) is 35.2 Å². The smallest absolute Gasteiger partial charge is 0.269 e. The van der Waals surface area contributed by atoms with Gasteiger partial charge in [-0.25, -0.2) is 4.39 Å². The van der Waals surface area contributed by atoms with Crippen molar-refractivity contribution in [3.05, 3.63) is 59.8 Å². The molecule has 0 radical (unpaired) electrons. The van der Waals surface area contributed by atoms with Gasteiger partial charge in [-0.2, -0.15) is 0 Å². The van der Waals surface area contributed by atoms with Gasteiger partial charge in [0.15, 0.2) is 5.60 Å². The zero-order chi connectivity index (χ0) is 18.0. The van der Waals surface area contributed by atoms with Gasteiger partial charge in [0, 0.05) is 44.6 Å². The Labute approximate surface area is 150 Å². The second kappa shape index (κ2) is 6.92. The number of hydrogen-bond donors (Lipinski definition) is 1. The molecule has 3 heterocycles.